The van der Waals surface area contributed by atoms with Crippen molar-refractivity contribution in [1.82, 2.24) is 9.80 Å². The van der Waals surface area contributed by atoms with Gasteiger partial charge in [-0.25, -0.2) is 0 Å². The third kappa shape index (κ3) is 4.28. The first-order valence-corrected chi connectivity index (χ1v) is 12.9. The predicted molar refractivity (Wildman–Crippen MR) is 140 cm³/mol. The number of nitrogens with zero attached hydrogens (tertiary/aromatic N) is 2. The Kier molecular flexibility index (Phi) is 6.18. The van der Waals surface area contributed by atoms with E-state index in [2.05, 4.69) is 4.90 Å². The van der Waals surface area contributed by atoms with E-state index in [4.69, 9.17) is 9.47 Å². The zero-order chi connectivity index (χ0) is 25.5. The number of morpholine rings is 1. The van der Waals surface area contributed by atoms with Crippen LogP contribution in [-0.4, -0.2) is 72.1 Å². The number of benzene rings is 3. The van der Waals surface area contributed by atoms with Crippen molar-refractivity contribution in [1.29, 1.82) is 0 Å². The van der Waals surface area contributed by atoms with E-state index < -0.39 is 17.7 Å². The lowest BCUT2D eigenvalue weighted by Crippen LogP contribution is -2.42. The Morgan fingerprint density at radius 2 is 1.78 bits per heavy atom. The van der Waals surface area contributed by atoms with Gasteiger partial charge in [-0.3, -0.25) is 14.5 Å². The standard InChI is InChI=1S/C30H30N2O5/c1-19-17-22-18-21(9-10-25(22)37-19)28(33)26-27(24-8-4-6-20-5-2-3-7-23(20)24)32(30(35)29(26)34)12-11-31-13-15-36-16-14-31/h2-10,18-19,27,33H,11-17H2,1H3. The molecular formula is C30H30N2O5. The monoisotopic (exact) mass is 498 g/mol. The molecule has 3 aliphatic heterocycles. The topological polar surface area (TPSA) is 79.3 Å². The Labute approximate surface area is 215 Å². The van der Waals surface area contributed by atoms with Gasteiger partial charge in [0.1, 0.15) is 17.6 Å². The van der Waals surface area contributed by atoms with Crippen LogP contribution < -0.4 is 4.74 Å². The third-order valence-corrected chi connectivity index (χ3v) is 7.59. The minimum atomic E-state index is -0.685. The van der Waals surface area contributed by atoms with Crippen molar-refractivity contribution in [3.05, 3.63) is 82.9 Å². The first-order valence-electron chi connectivity index (χ1n) is 12.9. The van der Waals surface area contributed by atoms with Crippen molar-refractivity contribution >= 4 is 28.2 Å². The van der Waals surface area contributed by atoms with Crippen LogP contribution in [0.5, 0.6) is 5.75 Å². The molecule has 1 amide bonds. The number of fused-ring (bicyclic) bond motifs is 2. The molecule has 2 atom stereocenters. The molecule has 2 unspecified atom stereocenters. The molecular weight excluding hydrogens is 468 g/mol. The molecule has 190 valence electrons. The maximum atomic E-state index is 13.5. The lowest BCUT2D eigenvalue weighted by molar-refractivity contribution is -0.140. The van der Waals surface area contributed by atoms with E-state index in [0.717, 1.165) is 47.2 Å². The van der Waals surface area contributed by atoms with E-state index in [1.807, 2.05) is 61.5 Å². The zero-order valence-corrected chi connectivity index (χ0v) is 20.9. The van der Waals surface area contributed by atoms with E-state index in [-0.39, 0.29) is 17.4 Å². The smallest absolute Gasteiger partial charge is 0.295 e. The molecule has 0 aromatic heterocycles. The van der Waals surface area contributed by atoms with Crippen molar-refractivity contribution in [2.45, 2.75) is 25.5 Å². The molecule has 3 aromatic rings. The molecule has 2 fully saturated rings. The van der Waals surface area contributed by atoms with Gasteiger partial charge in [-0.2, -0.15) is 0 Å². The van der Waals surface area contributed by atoms with Gasteiger partial charge in [0.15, 0.2) is 0 Å². The highest BCUT2D eigenvalue weighted by Crippen LogP contribution is 2.42. The summed E-state index contributed by atoms with van der Waals surface area (Å²) in [5.74, 6) is -0.582. The van der Waals surface area contributed by atoms with Gasteiger partial charge >= 0.3 is 0 Å². The quantitative estimate of drug-likeness (QED) is 0.326. The van der Waals surface area contributed by atoms with Gasteiger partial charge in [-0.15, -0.1) is 0 Å². The van der Waals surface area contributed by atoms with Crippen LogP contribution in [-0.2, 0) is 20.7 Å². The highest BCUT2D eigenvalue weighted by molar-refractivity contribution is 6.46. The molecule has 3 heterocycles. The van der Waals surface area contributed by atoms with Crippen molar-refractivity contribution in [2.24, 2.45) is 0 Å². The average molecular weight is 499 g/mol. The number of rotatable bonds is 5. The Morgan fingerprint density at radius 3 is 2.62 bits per heavy atom. The van der Waals surface area contributed by atoms with Crippen LogP contribution in [0.3, 0.4) is 0 Å². The molecule has 0 spiro atoms. The number of carbonyl (C=O) groups excluding carboxylic acids is 2. The molecule has 2 saturated heterocycles. The summed E-state index contributed by atoms with van der Waals surface area (Å²) in [6.45, 7) is 5.91. The third-order valence-electron chi connectivity index (χ3n) is 7.59. The normalized spacial score (nSPS) is 23.4. The van der Waals surface area contributed by atoms with Crippen LogP contribution in [0, 0.1) is 0 Å². The van der Waals surface area contributed by atoms with Crippen LogP contribution in [0.15, 0.2) is 66.2 Å². The summed E-state index contributed by atoms with van der Waals surface area (Å²) >= 11 is 0. The number of likely N-dealkylation sites (tertiary alicyclic amines) is 1. The van der Waals surface area contributed by atoms with E-state index in [1.165, 1.54) is 0 Å². The number of hydrogen-bond acceptors (Lipinski definition) is 6. The Balaban J connectivity index is 1.46. The lowest BCUT2D eigenvalue weighted by Gasteiger charge is -2.31. The second-order valence-corrected chi connectivity index (χ2v) is 9.97. The first-order chi connectivity index (χ1) is 18.0. The lowest BCUT2D eigenvalue weighted by atomic mass is 9.91. The molecule has 7 heteroatoms. The minimum Gasteiger partial charge on any atom is -0.507 e. The van der Waals surface area contributed by atoms with Gasteiger partial charge in [-0.05, 0) is 47.0 Å². The van der Waals surface area contributed by atoms with Crippen LogP contribution in [0.4, 0.5) is 0 Å². The first kappa shape index (κ1) is 23.7. The number of carbonyl (C=O) groups is 2. The van der Waals surface area contributed by atoms with Gasteiger partial charge in [0, 0.05) is 38.2 Å². The summed E-state index contributed by atoms with van der Waals surface area (Å²) in [4.78, 5) is 30.8. The Bertz CT molecular complexity index is 1400. The zero-order valence-electron chi connectivity index (χ0n) is 20.9. The number of aliphatic hydroxyl groups excluding tert-OH is 1. The second-order valence-electron chi connectivity index (χ2n) is 9.97. The maximum absolute atomic E-state index is 13.5. The Hall–Kier alpha value is -3.68. The number of aliphatic hydroxyl groups is 1. The van der Waals surface area contributed by atoms with Gasteiger partial charge < -0.3 is 19.5 Å². The van der Waals surface area contributed by atoms with E-state index in [9.17, 15) is 14.7 Å². The van der Waals surface area contributed by atoms with Gasteiger partial charge in [0.2, 0.25) is 0 Å². The fourth-order valence-corrected chi connectivity index (χ4v) is 5.72. The van der Waals surface area contributed by atoms with Crippen LogP contribution in [0.25, 0.3) is 16.5 Å². The largest absolute Gasteiger partial charge is 0.507 e. The highest BCUT2D eigenvalue weighted by Gasteiger charge is 2.46. The fourth-order valence-electron chi connectivity index (χ4n) is 5.72. The Morgan fingerprint density at radius 1 is 1.00 bits per heavy atom. The molecule has 1 N–H and O–H groups in total. The van der Waals surface area contributed by atoms with Crippen molar-refractivity contribution in [3.63, 3.8) is 0 Å². The second kappa shape index (κ2) is 9.65. The minimum absolute atomic E-state index is 0.0637. The summed E-state index contributed by atoms with van der Waals surface area (Å²) in [5.41, 5.74) is 2.47. The fraction of sp³-hybridized carbons (Fsp3) is 0.333. The number of ketones is 1. The molecule has 0 radical (unpaired) electrons. The molecule has 0 bridgehead atoms. The van der Waals surface area contributed by atoms with Crippen LogP contribution in [0.1, 0.15) is 29.7 Å². The maximum Gasteiger partial charge on any atom is 0.295 e. The van der Waals surface area contributed by atoms with Gasteiger partial charge in [-0.1, -0.05) is 42.5 Å². The number of hydrogen-bond donors (Lipinski definition) is 1. The summed E-state index contributed by atoms with van der Waals surface area (Å²) in [7, 11) is 0. The van der Waals surface area contributed by atoms with Gasteiger partial charge in [0.25, 0.3) is 11.7 Å². The molecule has 37 heavy (non-hydrogen) atoms. The van der Waals surface area contributed by atoms with Crippen LogP contribution >= 0.6 is 0 Å². The van der Waals surface area contributed by atoms with Gasteiger partial charge in [0.05, 0.1) is 24.8 Å². The molecule has 0 aliphatic carbocycles. The van der Waals surface area contributed by atoms with E-state index >= 15 is 0 Å². The van der Waals surface area contributed by atoms with Crippen molar-refractivity contribution in [2.75, 3.05) is 39.4 Å². The summed E-state index contributed by atoms with van der Waals surface area (Å²) in [6.07, 6.45) is 0.797. The predicted octanol–water partition coefficient (Wildman–Crippen LogP) is 3.92. The number of amides is 1. The summed E-state index contributed by atoms with van der Waals surface area (Å²) in [6, 6.07) is 18.6. The summed E-state index contributed by atoms with van der Waals surface area (Å²) in [5, 5.41) is 13.5. The number of Topliss-reactive ketones (excluding diaryl/α,β-unsaturated/α-hetero) is 1. The number of ether oxygens (including phenoxy) is 2. The molecule has 3 aliphatic rings. The highest BCUT2D eigenvalue weighted by atomic mass is 16.5. The summed E-state index contributed by atoms with van der Waals surface area (Å²) < 4.78 is 11.3. The van der Waals surface area contributed by atoms with Crippen LogP contribution in [0.2, 0.25) is 0 Å². The van der Waals surface area contributed by atoms with Crippen molar-refractivity contribution < 1.29 is 24.2 Å². The van der Waals surface area contributed by atoms with Crippen molar-refractivity contribution in [3.8, 4) is 5.75 Å². The molecule has 3 aromatic carbocycles. The molecule has 0 saturated carbocycles. The SMILES string of the molecule is CC1Cc2cc(C(O)=C3C(=O)C(=O)N(CCN4CCOCC4)C3c3cccc4ccccc34)ccc2O1. The van der Waals surface area contributed by atoms with E-state index in [0.29, 0.717) is 31.9 Å². The van der Waals surface area contributed by atoms with E-state index in [1.54, 1.807) is 11.0 Å². The average Bonchev–Trinajstić information content (AvgIpc) is 3.42. The molecule has 6 rings (SSSR count). The molecule has 7 nitrogen and oxygen atoms in total.